The van der Waals surface area contributed by atoms with E-state index in [-0.39, 0.29) is 23.7 Å². The molecule has 6 rings (SSSR count). The quantitative estimate of drug-likeness (QED) is 0.825. The van der Waals surface area contributed by atoms with Crippen LogP contribution in [0.3, 0.4) is 0 Å². The average molecular weight is 367 g/mol. The molecule has 5 heteroatoms. The predicted molar refractivity (Wildman–Crippen MR) is 97.6 cm³/mol. The van der Waals surface area contributed by atoms with Gasteiger partial charge in [0.25, 0.3) is 0 Å². The van der Waals surface area contributed by atoms with E-state index in [0.717, 1.165) is 41.7 Å². The van der Waals surface area contributed by atoms with Gasteiger partial charge in [-0.1, -0.05) is 18.6 Å². The molecule has 0 aromatic heterocycles. The van der Waals surface area contributed by atoms with E-state index < -0.39 is 17.1 Å². The fourth-order valence-corrected chi connectivity index (χ4v) is 6.63. The number of rotatable bonds is 1. The number of ketones is 1. The van der Waals surface area contributed by atoms with Crippen LogP contribution < -0.4 is 4.74 Å². The average Bonchev–Trinajstić information content (AvgIpc) is 2.94. The minimum Gasteiger partial charge on any atom is -0.481 e. The van der Waals surface area contributed by atoms with Crippen molar-refractivity contribution in [3.05, 3.63) is 28.8 Å². The Morgan fingerprint density at radius 3 is 2.85 bits per heavy atom. The minimum atomic E-state index is -1.07. The second-order valence-corrected chi connectivity index (χ2v) is 9.23. The van der Waals surface area contributed by atoms with Gasteiger partial charge in [-0.3, -0.25) is 9.59 Å². The van der Waals surface area contributed by atoms with Gasteiger partial charge in [0, 0.05) is 24.4 Å². The number of likely N-dealkylation sites (tertiary alicyclic amines) is 1. The van der Waals surface area contributed by atoms with Crippen molar-refractivity contribution in [3.8, 4) is 5.75 Å². The highest BCUT2D eigenvalue weighted by Gasteiger charge is 2.73. The van der Waals surface area contributed by atoms with E-state index in [4.69, 9.17) is 4.74 Å². The van der Waals surface area contributed by atoms with Crippen molar-refractivity contribution in [3.63, 3.8) is 0 Å². The Bertz CT molecular complexity index is 891. The molecule has 1 aromatic carbocycles. The van der Waals surface area contributed by atoms with Crippen molar-refractivity contribution in [1.29, 1.82) is 0 Å². The van der Waals surface area contributed by atoms with Crippen molar-refractivity contribution in [2.75, 3.05) is 6.54 Å². The summed E-state index contributed by atoms with van der Waals surface area (Å²) >= 11 is 0. The fraction of sp³-hybridized carbons (Fsp3) is 0.636. The maximum Gasteiger partial charge on any atom is 0.226 e. The molecule has 3 aliphatic carbocycles. The van der Waals surface area contributed by atoms with Gasteiger partial charge >= 0.3 is 0 Å². The first kappa shape index (κ1) is 16.1. The molecule has 5 aliphatic rings. The molecule has 27 heavy (non-hydrogen) atoms. The Kier molecular flexibility index (Phi) is 2.94. The van der Waals surface area contributed by atoms with Crippen LogP contribution in [0.4, 0.5) is 0 Å². The smallest absolute Gasteiger partial charge is 0.226 e. The SMILES string of the molecule is Cc1ccc2c3c1OC1C(=O)CC[C@]4(O)[C@H](C2)N(C(=O)C2CCC2)CCC314. The first-order valence-electron chi connectivity index (χ1n) is 10.3. The van der Waals surface area contributed by atoms with Gasteiger partial charge in [0.15, 0.2) is 11.9 Å². The molecule has 2 aliphatic heterocycles. The predicted octanol–water partition coefficient (Wildman–Crippen LogP) is 2.04. The number of amides is 1. The van der Waals surface area contributed by atoms with Crippen LogP contribution in [0.25, 0.3) is 0 Å². The maximum atomic E-state index is 13.1. The van der Waals surface area contributed by atoms with Crippen molar-refractivity contribution >= 4 is 11.7 Å². The lowest BCUT2D eigenvalue weighted by Gasteiger charge is -2.62. The number of carbonyl (C=O) groups excluding carboxylic acids is 2. The van der Waals surface area contributed by atoms with Gasteiger partial charge in [-0.15, -0.1) is 0 Å². The molecule has 2 bridgehead atoms. The Balaban J connectivity index is 1.55. The molecule has 2 unspecified atom stereocenters. The van der Waals surface area contributed by atoms with Crippen molar-refractivity contribution in [2.45, 2.75) is 75.0 Å². The van der Waals surface area contributed by atoms with E-state index in [1.165, 1.54) is 0 Å². The van der Waals surface area contributed by atoms with Crippen LogP contribution >= 0.6 is 0 Å². The van der Waals surface area contributed by atoms with Gasteiger partial charge in [0.1, 0.15) is 5.75 Å². The van der Waals surface area contributed by atoms with Gasteiger partial charge in [-0.2, -0.15) is 0 Å². The Hall–Kier alpha value is -1.88. The van der Waals surface area contributed by atoms with E-state index in [1.54, 1.807) is 0 Å². The van der Waals surface area contributed by atoms with Gasteiger partial charge < -0.3 is 14.7 Å². The van der Waals surface area contributed by atoms with Crippen molar-refractivity contribution in [2.24, 2.45) is 5.92 Å². The summed E-state index contributed by atoms with van der Waals surface area (Å²) in [6, 6.07) is 3.91. The molecule has 1 amide bonds. The number of benzene rings is 1. The Labute approximate surface area is 158 Å². The summed E-state index contributed by atoms with van der Waals surface area (Å²) in [5.41, 5.74) is 1.48. The number of hydrogen-bond donors (Lipinski definition) is 1. The summed E-state index contributed by atoms with van der Waals surface area (Å²) in [5.74, 6) is 1.24. The second-order valence-electron chi connectivity index (χ2n) is 9.23. The minimum absolute atomic E-state index is 0.0978. The molecule has 2 saturated carbocycles. The Morgan fingerprint density at radius 1 is 1.30 bits per heavy atom. The summed E-state index contributed by atoms with van der Waals surface area (Å²) in [6.45, 7) is 2.62. The summed E-state index contributed by atoms with van der Waals surface area (Å²) in [7, 11) is 0. The van der Waals surface area contributed by atoms with Crippen LogP contribution in [-0.2, 0) is 21.4 Å². The van der Waals surface area contributed by atoms with Crippen molar-refractivity contribution in [1.82, 2.24) is 4.90 Å². The van der Waals surface area contributed by atoms with Gasteiger partial charge in [-0.25, -0.2) is 0 Å². The second kappa shape index (κ2) is 4.93. The zero-order chi connectivity index (χ0) is 18.6. The van der Waals surface area contributed by atoms with Crippen LogP contribution in [-0.4, -0.2) is 46.0 Å². The lowest BCUT2D eigenvalue weighted by Crippen LogP contribution is -2.77. The maximum absolute atomic E-state index is 13.1. The van der Waals surface area contributed by atoms with Crippen LogP contribution in [0.5, 0.6) is 5.75 Å². The summed E-state index contributed by atoms with van der Waals surface area (Å²) in [4.78, 5) is 27.9. The number of ether oxygens (including phenoxy) is 1. The third-order valence-corrected chi connectivity index (χ3v) is 8.21. The largest absolute Gasteiger partial charge is 0.481 e. The highest BCUT2D eigenvalue weighted by Crippen LogP contribution is 2.64. The molecule has 1 N–H and O–H groups in total. The molecule has 3 fully saturated rings. The normalized spacial score (nSPS) is 38.9. The van der Waals surface area contributed by atoms with Crippen LogP contribution in [0.1, 0.15) is 55.2 Å². The van der Waals surface area contributed by atoms with Gasteiger partial charge in [-0.05, 0) is 50.2 Å². The van der Waals surface area contributed by atoms with Crippen LogP contribution in [0, 0.1) is 12.8 Å². The standard InChI is InChI=1S/C22H25NO4/c1-12-5-6-14-11-16-22(26)8-7-15(24)19-21(22,17(14)18(12)27-19)9-10-23(16)20(25)13-3-2-4-13/h5-6,13,16,19,26H,2-4,7-11H2,1H3/t16-,19?,21?,22-/m0/s1. The number of aryl methyl sites for hydroxylation is 1. The molecular weight excluding hydrogens is 342 g/mol. The number of piperidine rings is 1. The van der Waals surface area contributed by atoms with E-state index in [2.05, 4.69) is 6.07 Å². The lowest BCUT2D eigenvalue weighted by atomic mass is 9.49. The number of hydrogen-bond acceptors (Lipinski definition) is 4. The highest BCUT2D eigenvalue weighted by atomic mass is 16.5. The highest BCUT2D eigenvalue weighted by molar-refractivity contribution is 5.90. The first-order valence-corrected chi connectivity index (χ1v) is 10.3. The van der Waals surface area contributed by atoms with Gasteiger partial charge in [0.05, 0.1) is 17.1 Å². The summed E-state index contributed by atoms with van der Waals surface area (Å²) in [6.07, 6.45) is 4.48. The summed E-state index contributed by atoms with van der Waals surface area (Å²) in [5, 5.41) is 12.1. The third kappa shape index (κ3) is 1.67. The number of aliphatic hydroxyl groups is 1. The number of carbonyl (C=O) groups is 2. The molecule has 0 radical (unpaired) electrons. The first-order chi connectivity index (χ1) is 13.0. The van der Waals surface area contributed by atoms with E-state index in [0.29, 0.717) is 32.2 Å². The zero-order valence-corrected chi connectivity index (χ0v) is 15.7. The number of nitrogens with zero attached hydrogens (tertiary/aromatic N) is 1. The molecule has 1 aromatic rings. The van der Waals surface area contributed by atoms with E-state index >= 15 is 0 Å². The zero-order valence-electron chi connectivity index (χ0n) is 15.7. The molecule has 1 saturated heterocycles. The molecule has 1 spiro atoms. The van der Waals surface area contributed by atoms with E-state index in [1.807, 2.05) is 17.9 Å². The number of Topliss-reactive ketones (excluding diaryl/α,β-unsaturated/α-hetero) is 1. The third-order valence-electron chi connectivity index (χ3n) is 8.21. The Morgan fingerprint density at radius 2 is 2.11 bits per heavy atom. The molecular formula is C22H25NO4. The van der Waals surface area contributed by atoms with Crippen LogP contribution in [0.2, 0.25) is 0 Å². The van der Waals surface area contributed by atoms with Gasteiger partial charge in [0.2, 0.25) is 5.91 Å². The monoisotopic (exact) mass is 367 g/mol. The fourth-order valence-electron chi connectivity index (χ4n) is 6.63. The van der Waals surface area contributed by atoms with E-state index in [9.17, 15) is 14.7 Å². The molecule has 2 heterocycles. The molecule has 4 atom stereocenters. The lowest BCUT2D eigenvalue weighted by molar-refractivity contribution is -0.195. The summed E-state index contributed by atoms with van der Waals surface area (Å²) < 4.78 is 6.25. The molecule has 142 valence electrons. The molecule has 5 nitrogen and oxygen atoms in total. The topological polar surface area (TPSA) is 66.8 Å². The van der Waals surface area contributed by atoms with Crippen molar-refractivity contribution < 1.29 is 19.4 Å². The van der Waals surface area contributed by atoms with Crippen LogP contribution in [0.15, 0.2) is 12.1 Å².